The SMILES string of the molecule is Cc1cc(C(=O)CSc2n[nH]c(CC3CCCC3)n2)c(C)n1-c1ccc2c(c1)OCO2. The van der Waals surface area contributed by atoms with Crippen LogP contribution in [0.4, 0.5) is 0 Å². The summed E-state index contributed by atoms with van der Waals surface area (Å²) in [5, 5.41) is 7.98. The van der Waals surface area contributed by atoms with Gasteiger partial charge in [-0.15, -0.1) is 5.10 Å². The van der Waals surface area contributed by atoms with Crippen molar-refractivity contribution in [1.29, 1.82) is 0 Å². The molecule has 1 aliphatic heterocycles. The zero-order chi connectivity index (χ0) is 21.4. The van der Waals surface area contributed by atoms with Crippen LogP contribution in [0.15, 0.2) is 29.4 Å². The molecule has 0 spiro atoms. The lowest BCUT2D eigenvalue weighted by atomic mass is 10.0. The maximum Gasteiger partial charge on any atom is 0.231 e. The van der Waals surface area contributed by atoms with Gasteiger partial charge in [-0.25, -0.2) is 4.98 Å². The summed E-state index contributed by atoms with van der Waals surface area (Å²) in [6, 6.07) is 7.79. The number of ether oxygens (including phenoxy) is 2. The minimum absolute atomic E-state index is 0.0761. The molecule has 0 bridgehead atoms. The van der Waals surface area contributed by atoms with Crippen molar-refractivity contribution in [3.05, 3.63) is 47.0 Å². The van der Waals surface area contributed by atoms with Crippen LogP contribution >= 0.6 is 11.8 Å². The number of aryl methyl sites for hydroxylation is 1. The highest BCUT2D eigenvalue weighted by Crippen LogP contribution is 2.35. The van der Waals surface area contributed by atoms with Crippen molar-refractivity contribution in [1.82, 2.24) is 19.7 Å². The number of rotatable bonds is 7. The normalized spacial score (nSPS) is 15.7. The third-order valence-electron chi connectivity index (χ3n) is 6.15. The smallest absolute Gasteiger partial charge is 0.231 e. The Labute approximate surface area is 185 Å². The van der Waals surface area contributed by atoms with Crippen LogP contribution in [0, 0.1) is 19.8 Å². The van der Waals surface area contributed by atoms with Crippen molar-refractivity contribution >= 4 is 17.5 Å². The summed E-state index contributed by atoms with van der Waals surface area (Å²) < 4.78 is 13.0. The average Bonchev–Trinajstić information content (AvgIpc) is 3.54. The highest BCUT2D eigenvalue weighted by atomic mass is 32.2. The van der Waals surface area contributed by atoms with E-state index in [2.05, 4.69) is 19.7 Å². The fourth-order valence-electron chi connectivity index (χ4n) is 4.60. The molecule has 1 aromatic carbocycles. The van der Waals surface area contributed by atoms with Gasteiger partial charge in [0.05, 0.1) is 5.75 Å². The topological polar surface area (TPSA) is 82.0 Å². The zero-order valence-corrected chi connectivity index (χ0v) is 18.6. The van der Waals surface area contributed by atoms with E-state index in [0.717, 1.165) is 46.4 Å². The summed E-state index contributed by atoms with van der Waals surface area (Å²) in [4.78, 5) is 17.5. The molecule has 3 heterocycles. The summed E-state index contributed by atoms with van der Waals surface area (Å²) in [5.74, 6) is 3.51. The van der Waals surface area contributed by atoms with E-state index in [1.807, 2.05) is 38.1 Å². The quantitative estimate of drug-likeness (QED) is 0.427. The van der Waals surface area contributed by atoms with Gasteiger partial charge in [-0.3, -0.25) is 9.89 Å². The van der Waals surface area contributed by atoms with Gasteiger partial charge in [0.15, 0.2) is 17.3 Å². The number of fused-ring (bicyclic) bond motifs is 1. The van der Waals surface area contributed by atoms with Gasteiger partial charge in [0.2, 0.25) is 11.9 Å². The molecule has 0 saturated heterocycles. The first-order valence-electron chi connectivity index (χ1n) is 10.7. The first-order valence-corrected chi connectivity index (χ1v) is 11.7. The number of thioether (sulfide) groups is 1. The van der Waals surface area contributed by atoms with E-state index in [4.69, 9.17) is 9.47 Å². The molecular weight excluding hydrogens is 412 g/mol. The Morgan fingerprint density at radius 2 is 2.00 bits per heavy atom. The maximum atomic E-state index is 13.0. The minimum Gasteiger partial charge on any atom is -0.454 e. The number of benzene rings is 1. The number of carbonyl (C=O) groups is 1. The van der Waals surface area contributed by atoms with Gasteiger partial charge in [-0.2, -0.15) is 0 Å². The Bertz CT molecular complexity index is 1110. The van der Waals surface area contributed by atoms with Crippen molar-refractivity contribution in [3.8, 4) is 17.2 Å². The van der Waals surface area contributed by atoms with Crippen LogP contribution in [-0.4, -0.2) is 38.1 Å². The lowest BCUT2D eigenvalue weighted by Gasteiger charge is -2.10. The highest BCUT2D eigenvalue weighted by molar-refractivity contribution is 7.99. The van der Waals surface area contributed by atoms with Crippen molar-refractivity contribution in [3.63, 3.8) is 0 Å². The molecular formula is C23H26N4O3S. The maximum absolute atomic E-state index is 13.0. The van der Waals surface area contributed by atoms with Gasteiger partial charge < -0.3 is 14.0 Å². The summed E-state index contributed by atoms with van der Waals surface area (Å²) in [5.41, 5.74) is 3.60. The standard InChI is InChI=1S/C23H26N4O3S/c1-14-9-18(15(2)27(14)17-7-8-20-21(11-17)30-13-29-20)19(28)12-31-23-24-22(25-26-23)10-16-5-3-4-6-16/h7-9,11,16H,3-6,10,12-13H2,1-2H3,(H,24,25,26). The first kappa shape index (κ1) is 20.2. The largest absolute Gasteiger partial charge is 0.454 e. The van der Waals surface area contributed by atoms with Crippen molar-refractivity contribution in [2.24, 2.45) is 5.92 Å². The van der Waals surface area contributed by atoms with Gasteiger partial charge in [0, 0.05) is 35.1 Å². The number of H-pyrrole nitrogens is 1. The molecule has 2 aliphatic rings. The summed E-state index contributed by atoms with van der Waals surface area (Å²) in [6.07, 6.45) is 6.15. The van der Waals surface area contributed by atoms with E-state index in [-0.39, 0.29) is 12.6 Å². The molecule has 1 saturated carbocycles. The first-order chi connectivity index (χ1) is 15.1. The number of carbonyl (C=O) groups excluding carboxylic acids is 1. The molecule has 0 unspecified atom stereocenters. The second-order valence-electron chi connectivity index (χ2n) is 8.29. The molecule has 0 amide bonds. The number of hydrogen-bond acceptors (Lipinski definition) is 6. The number of ketones is 1. The van der Waals surface area contributed by atoms with Crippen LogP contribution in [0.3, 0.4) is 0 Å². The fraction of sp³-hybridized carbons (Fsp3) is 0.435. The van der Waals surface area contributed by atoms with Gasteiger partial charge in [0.1, 0.15) is 5.82 Å². The van der Waals surface area contributed by atoms with E-state index in [1.54, 1.807) is 0 Å². The predicted octanol–water partition coefficient (Wildman–Crippen LogP) is 4.65. The number of aromatic amines is 1. The highest BCUT2D eigenvalue weighted by Gasteiger charge is 2.21. The number of aromatic nitrogens is 4. The third-order valence-corrected chi connectivity index (χ3v) is 6.99. The Hall–Kier alpha value is -2.74. The molecule has 3 aromatic rings. The monoisotopic (exact) mass is 438 g/mol. The van der Waals surface area contributed by atoms with Crippen LogP contribution < -0.4 is 9.47 Å². The van der Waals surface area contributed by atoms with Crippen LogP contribution in [0.1, 0.15) is 53.3 Å². The molecule has 7 nitrogen and oxygen atoms in total. The number of hydrogen-bond donors (Lipinski definition) is 1. The van der Waals surface area contributed by atoms with Gasteiger partial charge >= 0.3 is 0 Å². The van der Waals surface area contributed by atoms with E-state index >= 15 is 0 Å². The predicted molar refractivity (Wildman–Crippen MR) is 118 cm³/mol. The molecule has 5 rings (SSSR count). The van der Waals surface area contributed by atoms with Crippen molar-refractivity contribution in [2.45, 2.75) is 51.1 Å². The Morgan fingerprint density at radius 3 is 2.84 bits per heavy atom. The number of Topliss-reactive ketones (excluding diaryl/α,β-unsaturated/α-hetero) is 1. The Balaban J connectivity index is 1.27. The lowest BCUT2D eigenvalue weighted by Crippen LogP contribution is -2.06. The molecule has 2 aromatic heterocycles. The molecule has 162 valence electrons. The van der Waals surface area contributed by atoms with Crippen LogP contribution in [0.5, 0.6) is 11.5 Å². The summed E-state index contributed by atoms with van der Waals surface area (Å²) in [7, 11) is 0. The molecule has 0 atom stereocenters. The second kappa shape index (κ2) is 8.42. The van der Waals surface area contributed by atoms with E-state index in [0.29, 0.717) is 16.8 Å². The van der Waals surface area contributed by atoms with Gasteiger partial charge in [0.25, 0.3) is 0 Å². The molecule has 8 heteroatoms. The average molecular weight is 439 g/mol. The molecule has 1 fully saturated rings. The molecule has 1 aliphatic carbocycles. The molecule has 1 N–H and O–H groups in total. The zero-order valence-electron chi connectivity index (χ0n) is 17.8. The van der Waals surface area contributed by atoms with Gasteiger partial charge in [-0.1, -0.05) is 37.4 Å². The van der Waals surface area contributed by atoms with Crippen LogP contribution in [0.25, 0.3) is 5.69 Å². The van der Waals surface area contributed by atoms with E-state index in [1.165, 1.54) is 37.4 Å². The Morgan fingerprint density at radius 1 is 1.19 bits per heavy atom. The van der Waals surface area contributed by atoms with Crippen LogP contribution in [-0.2, 0) is 6.42 Å². The summed E-state index contributed by atoms with van der Waals surface area (Å²) >= 11 is 1.39. The van der Waals surface area contributed by atoms with E-state index < -0.39 is 0 Å². The van der Waals surface area contributed by atoms with Crippen molar-refractivity contribution in [2.75, 3.05) is 12.5 Å². The third kappa shape index (κ3) is 4.08. The Kier molecular flexibility index (Phi) is 5.48. The fourth-order valence-corrected chi connectivity index (χ4v) is 5.30. The molecule has 0 radical (unpaired) electrons. The number of nitrogens with zero attached hydrogens (tertiary/aromatic N) is 3. The van der Waals surface area contributed by atoms with Crippen LogP contribution in [0.2, 0.25) is 0 Å². The second-order valence-corrected chi connectivity index (χ2v) is 9.23. The van der Waals surface area contributed by atoms with Gasteiger partial charge in [-0.05, 0) is 38.0 Å². The number of nitrogens with one attached hydrogen (secondary N) is 1. The summed E-state index contributed by atoms with van der Waals surface area (Å²) in [6.45, 7) is 4.22. The van der Waals surface area contributed by atoms with Crippen molar-refractivity contribution < 1.29 is 14.3 Å². The van der Waals surface area contributed by atoms with E-state index in [9.17, 15) is 4.79 Å². The lowest BCUT2D eigenvalue weighted by molar-refractivity contribution is 0.102. The molecule has 31 heavy (non-hydrogen) atoms. The minimum atomic E-state index is 0.0761.